The molecule has 0 radical (unpaired) electrons. The zero-order valence-corrected chi connectivity index (χ0v) is 19.2. The average molecular weight is 472 g/mol. The Kier molecular flexibility index (Phi) is 5.34. The van der Waals surface area contributed by atoms with E-state index in [0.717, 1.165) is 0 Å². The van der Waals surface area contributed by atoms with Crippen molar-refractivity contribution < 1.29 is 43.1 Å². The highest BCUT2D eigenvalue weighted by atomic mass is 31.2. The Bertz CT molecular complexity index is 973. The minimum Gasteiger partial charge on any atom is -0.390 e. The number of hydrogen-bond donors (Lipinski definition) is 4. The normalized spacial score (nSPS) is 48.0. The van der Waals surface area contributed by atoms with Crippen LogP contribution in [0.2, 0.25) is 0 Å². The number of hydrogen-bond acceptors (Lipinski definition) is 6. The van der Waals surface area contributed by atoms with Crippen LogP contribution < -0.4 is 0 Å². The molecule has 8 nitrogen and oxygen atoms in total. The minimum absolute atomic E-state index is 0.211. The van der Waals surface area contributed by atoms with Gasteiger partial charge in [-0.15, -0.1) is 0 Å². The van der Waals surface area contributed by atoms with Crippen LogP contribution in [0, 0.1) is 28.6 Å². The van der Waals surface area contributed by atoms with E-state index in [2.05, 4.69) is 4.52 Å². The van der Waals surface area contributed by atoms with Crippen LogP contribution in [-0.2, 0) is 18.7 Å². The minimum atomic E-state index is -4.93. The van der Waals surface area contributed by atoms with E-state index >= 15 is 4.39 Å². The summed E-state index contributed by atoms with van der Waals surface area (Å²) >= 11 is 0. The van der Waals surface area contributed by atoms with Gasteiger partial charge in [-0.25, -0.2) is 8.96 Å². The van der Waals surface area contributed by atoms with Crippen LogP contribution in [0.5, 0.6) is 0 Å². The van der Waals surface area contributed by atoms with E-state index in [1.54, 1.807) is 20.8 Å². The number of alkyl halides is 1. The fourth-order valence-corrected chi connectivity index (χ4v) is 7.68. The molecule has 0 aromatic heterocycles. The summed E-state index contributed by atoms with van der Waals surface area (Å²) in [5.74, 6) is -2.87. The van der Waals surface area contributed by atoms with Crippen molar-refractivity contribution in [3.63, 3.8) is 0 Å². The first-order valence-electron chi connectivity index (χ1n) is 10.9. The molecular formula is C22H30FO8P. The Morgan fingerprint density at radius 2 is 1.97 bits per heavy atom. The van der Waals surface area contributed by atoms with Crippen LogP contribution in [-0.4, -0.2) is 55.5 Å². The van der Waals surface area contributed by atoms with Gasteiger partial charge in [0.15, 0.2) is 17.2 Å². The second-order valence-corrected chi connectivity index (χ2v) is 11.6. The first kappa shape index (κ1) is 23.9. The van der Waals surface area contributed by atoms with Crippen molar-refractivity contribution in [2.24, 2.45) is 28.6 Å². The van der Waals surface area contributed by atoms with Crippen molar-refractivity contribution in [1.29, 1.82) is 0 Å². The molecule has 4 N–H and O–H groups in total. The number of aliphatic hydroxyl groups is 2. The summed E-state index contributed by atoms with van der Waals surface area (Å²) in [6.07, 6.45) is 3.70. The second-order valence-electron chi connectivity index (χ2n) is 10.4. The van der Waals surface area contributed by atoms with E-state index in [-0.39, 0.29) is 12.2 Å². The highest BCUT2D eigenvalue weighted by Crippen LogP contribution is 2.70. The smallest absolute Gasteiger partial charge is 0.390 e. The van der Waals surface area contributed by atoms with Gasteiger partial charge < -0.3 is 20.0 Å². The third-order valence-corrected chi connectivity index (χ3v) is 9.48. The molecule has 1 unspecified atom stereocenters. The number of allylic oxidation sites excluding steroid dienone is 4. The maximum absolute atomic E-state index is 17.0. The molecular weight excluding hydrogens is 442 g/mol. The lowest BCUT2D eigenvalue weighted by Gasteiger charge is -2.62. The molecule has 8 atom stereocenters. The predicted octanol–water partition coefficient (Wildman–Crippen LogP) is 2.01. The summed E-state index contributed by atoms with van der Waals surface area (Å²) in [5.41, 5.74) is -5.88. The number of carbonyl (C=O) groups is 2. The van der Waals surface area contributed by atoms with Gasteiger partial charge in [-0.1, -0.05) is 25.5 Å². The molecule has 178 valence electrons. The largest absolute Gasteiger partial charge is 0.470 e. The number of Topliss-reactive ketones (excluding diaryl/α,β-unsaturated/α-hetero) is 1. The number of ketones is 2. The van der Waals surface area contributed by atoms with Gasteiger partial charge in [0.2, 0.25) is 0 Å². The summed E-state index contributed by atoms with van der Waals surface area (Å²) in [6, 6.07) is 0. The molecule has 4 aliphatic carbocycles. The van der Waals surface area contributed by atoms with E-state index in [0.29, 0.717) is 24.8 Å². The molecule has 0 spiro atoms. The summed E-state index contributed by atoms with van der Waals surface area (Å²) in [7, 11) is -4.93. The first-order valence-corrected chi connectivity index (χ1v) is 12.4. The molecule has 0 bridgehead atoms. The number of aliphatic hydroxyl groups excluding tert-OH is 1. The molecule has 0 saturated heterocycles. The van der Waals surface area contributed by atoms with Gasteiger partial charge >= 0.3 is 7.82 Å². The van der Waals surface area contributed by atoms with Crippen molar-refractivity contribution in [3.8, 4) is 0 Å². The molecule has 3 saturated carbocycles. The lowest BCUT2D eigenvalue weighted by Crippen LogP contribution is -2.69. The molecule has 4 rings (SSSR count). The molecule has 32 heavy (non-hydrogen) atoms. The summed E-state index contributed by atoms with van der Waals surface area (Å²) in [5, 5.41) is 22.8. The number of rotatable bonds is 4. The molecule has 0 amide bonds. The van der Waals surface area contributed by atoms with E-state index < -0.39 is 66.2 Å². The Balaban J connectivity index is 1.74. The quantitative estimate of drug-likeness (QED) is 0.456. The number of phosphoric acid groups is 1. The highest BCUT2D eigenvalue weighted by Gasteiger charge is 2.75. The molecule has 0 aromatic carbocycles. The molecule has 0 aliphatic heterocycles. The van der Waals surface area contributed by atoms with Crippen LogP contribution in [0.25, 0.3) is 0 Å². The standard InChI is InChI=1S/C22H30FO8P/c1-12-8-16-15-5-4-13-9-14(24)6-7-19(13,2)21(15,23)17(25)10-20(16,3)22(12,27)18(26)11-31-32(28,29)30/h6-7,9,12,15-17,25,27H,4-5,8,10-11H2,1-3H3,(H2,28,29,30)/t12-,15+,16?,17+,19+,20+,21+,22+/m1/s1. The summed E-state index contributed by atoms with van der Waals surface area (Å²) in [4.78, 5) is 42.8. The molecule has 0 heterocycles. The first-order chi connectivity index (χ1) is 14.6. The maximum atomic E-state index is 17.0. The molecule has 0 aromatic rings. The van der Waals surface area contributed by atoms with Gasteiger partial charge in [0.25, 0.3) is 0 Å². The Morgan fingerprint density at radius 3 is 2.59 bits per heavy atom. The Morgan fingerprint density at radius 1 is 1.31 bits per heavy atom. The number of phosphoric ester groups is 1. The lowest BCUT2D eigenvalue weighted by atomic mass is 9.44. The molecule has 10 heteroatoms. The van der Waals surface area contributed by atoms with Crippen LogP contribution in [0.3, 0.4) is 0 Å². The third-order valence-electron chi connectivity index (χ3n) is 9.01. The van der Waals surface area contributed by atoms with E-state index in [1.165, 1.54) is 18.2 Å². The van der Waals surface area contributed by atoms with Crippen molar-refractivity contribution in [3.05, 3.63) is 23.8 Å². The Labute approximate surface area is 185 Å². The van der Waals surface area contributed by atoms with Crippen molar-refractivity contribution in [2.75, 3.05) is 6.61 Å². The van der Waals surface area contributed by atoms with Crippen LogP contribution in [0.1, 0.15) is 46.5 Å². The second kappa shape index (κ2) is 7.14. The molecule has 4 aliphatic rings. The van der Waals surface area contributed by atoms with E-state index in [1.807, 2.05) is 0 Å². The van der Waals surface area contributed by atoms with Crippen molar-refractivity contribution >= 4 is 19.4 Å². The monoisotopic (exact) mass is 472 g/mol. The summed E-state index contributed by atoms with van der Waals surface area (Å²) in [6.45, 7) is 4.00. The van der Waals surface area contributed by atoms with Gasteiger partial charge in [0.1, 0.15) is 12.2 Å². The third kappa shape index (κ3) is 2.95. The zero-order chi connectivity index (χ0) is 23.9. The van der Waals surface area contributed by atoms with Gasteiger partial charge in [-0.2, -0.15) is 0 Å². The number of carbonyl (C=O) groups excluding carboxylic acids is 2. The van der Waals surface area contributed by atoms with Gasteiger partial charge in [-0.05, 0) is 56.6 Å². The van der Waals surface area contributed by atoms with Gasteiger partial charge in [0, 0.05) is 16.7 Å². The van der Waals surface area contributed by atoms with Crippen molar-refractivity contribution in [1.82, 2.24) is 0 Å². The van der Waals surface area contributed by atoms with Crippen LogP contribution in [0.15, 0.2) is 23.8 Å². The number of fused-ring (bicyclic) bond motifs is 5. The van der Waals surface area contributed by atoms with Crippen LogP contribution in [0.4, 0.5) is 4.39 Å². The van der Waals surface area contributed by atoms with Crippen molar-refractivity contribution in [2.45, 2.75) is 63.8 Å². The van der Waals surface area contributed by atoms with Gasteiger partial charge in [-0.3, -0.25) is 14.1 Å². The topological polar surface area (TPSA) is 141 Å². The number of halogens is 1. The fourth-order valence-electron chi connectivity index (χ4n) is 7.39. The SMILES string of the molecule is C[C@@H]1CC2[C@@H]3CCC4=CC(=O)C=C[C@]4(C)[C@@]3(F)[C@@H](O)C[C@]2(C)[C@@]1(O)C(=O)COP(=O)(O)O. The molecule has 3 fully saturated rings. The fraction of sp³-hybridized carbons (Fsp3) is 0.727. The van der Waals surface area contributed by atoms with E-state index in [4.69, 9.17) is 9.79 Å². The summed E-state index contributed by atoms with van der Waals surface area (Å²) < 4.78 is 32.5. The Hall–Kier alpha value is -1.22. The van der Waals surface area contributed by atoms with E-state index in [9.17, 15) is 24.4 Å². The van der Waals surface area contributed by atoms with Crippen LogP contribution >= 0.6 is 7.82 Å². The lowest BCUT2D eigenvalue weighted by molar-refractivity contribution is -0.219. The maximum Gasteiger partial charge on any atom is 0.470 e. The predicted molar refractivity (Wildman–Crippen MR) is 111 cm³/mol. The van der Waals surface area contributed by atoms with Gasteiger partial charge in [0.05, 0.1) is 6.10 Å². The highest BCUT2D eigenvalue weighted by molar-refractivity contribution is 7.46. The zero-order valence-electron chi connectivity index (χ0n) is 18.3. The average Bonchev–Trinajstić information content (AvgIpc) is 2.89.